The summed E-state index contributed by atoms with van der Waals surface area (Å²) in [5.41, 5.74) is 1.29. The highest BCUT2D eigenvalue weighted by atomic mass is 16.5. The maximum Gasteiger partial charge on any atom is 0.276 e. The van der Waals surface area contributed by atoms with E-state index in [1.165, 1.54) is 12.7 Å². The van der Waals surface area contributed by atoms with Gasteiger partial charge in [-0.1, -0.05) is 18.2 Å². The minimum Gasteiger partial charge on any atom is -0.496 e. The first kappa shape index (κ1) is 16.8. The van der Waals surface area contributed by atoms with E-state index in [4.69, 9.17) is 13.6 Å². The summed E-state index contributed by atoms with van der Waals surface area (Å²) in [6.07, 6.45) is 3.45. The van der Waals surface area contributed by atoms with Gasteiger partial charge in [0.25, 0.3) is 5.91 Å². The third kappa shape index (κ3) is 3.42. The summed E-state index contributed by atoms with van der Waals surface area (Å²) in [4.78, 5) is 18.6. The molecule has 130 valence electrons. The van der Waals surface area contributed by atoms with Crippen molar-refractivity contribution >= 4 is 5.91 Å². The average Bonchev–Trinajstić information content (AvgIpc) is 3.31. The van der Waals surface area contributed by atoms with E-state index >= 15 is 0 Å². The fourth-order valence-electron chi connectivity index (χ4n) is 2.68. The number of furan rings is 1. The van der Waals surface area contributed by atoms with Gasteiger partial charge in [0, 0.05) is 13.1 Å². The molecule has 1 amide bonds. The summed E-state index contributed by atoms with van der Waals surface area (Å²) in [6, 6.07) is 11.2. The highest BCUT2D eigenvalue weighted by Crippen LogP contribution is 2.26. The van der Waals surface area contributed by atoms with Crippen LogP contribution in [0.2, 0.25) is 0 Å². The zero-order valence-electron chi connectivity index (χ0n) is 14.4. The number of oxazole rings is 1. The molecular weight excluding hydrogens is 320 g/mol. The average molecular weight is 340 g/mol. The van der Waals surface area contributed by atoms with Crippen molar-refractivity contribution in [2.45, 2.75) is 19.4 Å². The molecule has 0 radical (unpaired) electrons. The van der Waals surface area contributed by atoms with Gasteiger partial charge in [-0.15, -0.1) is 0 Å². The van der Waals surface area contributed by atoms with E-state index in [0.29, 0.717) is 17.9 Å². The first-order chi connectivity index (χ1) is 12.1. The Morgan fingerprint density at radius 2 is 2.04 bits per heavy atom. The fourth-order valence-corrected chi connectivity index (χ4v) is 2.68. The van der Waals surface area contributed by atoms with E-state index in [0.717, 1.165) is 11.3 Å². The minimum atomic E-state index is -0.220. The number of hydrogen-bond donors (Lipinski definition) is 0. The lowest BCUT2D eigenvalue weighted by molar-refractivity contribution is 0.0738. The third-order valence-corrected chi connectivity index (χ3v) is 4.20. The van der Waals surface area contributed by atoms with E-state index in [2.05, 4.69) is 4.98 Å². The molecule has 1 aromatic carbocycles. The molecule has 0 spiro atoms. The van der Waals surface area contributed by atoms with Crippen molar-refractivity contribution in [3.63, 3.8) is 0 Å². The molecule has 6 nitrogen and oxygen atoms in total. The number of para-hydroxylation sites is 1. The monoisotopic (exact) mass is 340 g/mol. The minimum absolute atomic E-state index is 0.0510. The van der Waals surface area contributed by atoms with Crippen LogP contribution in [0.1, 0.15) is 23.0 Å². The summed E-state index contributed by atoms with van der Waals surface area (Å²) < 4.78 is 16.0. The zero-order chi connectivity index (χ0) is 17.8. The van der Waals surface area contributed by atoms with Crippen LogP contribution in [0.4, 0.5) is 0 Å². The van der Waals surface area contributed by atoms with Gasteiger partial charge in [0.2, 0.25) is 5.76 Å². The van der Waals surface area contributed by atoms with Gasteiger partial charge >= 0.3 is 0 Å². The maximum absolute atomic E-state index is 12.8. The Kier molecular flexibility index (Phi) is 4.88. The highest BCUT2D eigenvalue weighted by molar-refractivity contribution is 5.97. The third-order valence-electron chi connectivity index (χ3n) is 4.20. The Bertz CT molecular complexity index is 839. The Balaban J connectivity index is 1.78. The van der Waals surface area contributed by atoms with Crippen LogP contribution < -0.4 is 4.74 Å². The van der Waals surface area contributed by atoms with Crippen molar-refractivity contribution in [2.75, 3.05) is 14.2 Å². The van der Waals surface area contributed by atoms with E-state index < -0.39 is 0 Å². The van der Waals surface area contributed by atoms with Gasteiger partial charge in [-0.3, -0.25) is 4.79 Å². The first-order valence-corrected chi connectivity index (χ1v) is 7.98. The zero-order valence-corrected chi connectivity index (χ0v) is 14.4. The second kappa shape index (κ2) is 7.25. The van der Waals surface area contributed by atoms with E-state index in [9.17, 15) is 4.79 Å². The van der Waals surface area contributed by atoms with Crippen molar-refractivity contribution in [3.8, 4) is 17.3 Å². The summed E-state index contributed by atoms with van der Waals surface area (Å²) in [6.45, 7) is 1.98. The molecule has 0 aliphatic rings. The number of methoxy groups -OCH3 is 1. The number of ether oxygens (including phenoxy) is 1. The van der Waals surface area contributed by atoms with Gasteiger partial charge < -0.3 is 18.5 Å². The van der Waals surface area contributed by atoms with Crippen LogP contribution in [-0.2, 0) is 6.42 Å². The van der Waals surface area contributed by atoms with Crippen molar-refractivity contribution < 1.29 is 18.4 Å². The molecule has 2 aromatic heterocycles. The first-order valence-electron chi connectivity index (χ1n) is 7.98. The lowest BCUT2D eigenvalue weighted by atomic mass is 10.0. The second-order valence-electron chi connectivity index (χ2n) is 5.79. The number of nitrogens with zero attached hydrogens (tertiary/aromatic N) is 2. The summed E-state index contributed by atoms with van der Waals surface area (Å²) in [5.74, 6) is 1.41. The topological polar surface area (TPSA) is 68.7 Å². The molecule has 0 fully saturated rings. The van der Waals surface area contributed by atoms with Crippen LogP contribution in [0, 0.1) is 0 Å². The van der Waals surface area contributed by atoms with E-state index in [1.54, 1.807) is 31.2 Å². The smallest absolute Gasteiger partial charge is 0.276 e. The second-order valence-corrected chi connectivity index (χ2v) is 5.79. The summed E-state index contributed by atoms with van der Waals surface area (Å²) >= 11 is 0. The van der Waals surface area contributed by atoms with Gasteiger partial charge in [-0.05, 0) is 37.1 Å². The lowest BCUT2D eigenvalue weighted by Crippen LogP contribution is -2.37. The number of carbonyl (C=O) groups excluding carboxylic acids is 1. The van der Waals surface area contributed by atoms with Gasteiger partial charge in [0.15, 0.2) is 17.8 Å². The Morgan fingerprint density at radius 3 is 2.76 bits per heavy atom. The predicted molar refractivity (Wildman–Crippen MR) is 92.5 cm³/mol. The van der Waals surface area contributed by atoms with Gasteiger partial charge in [0.1, 0.15) is 5.75 Å². The summed E-state index contributed by atoms with van der Waals surface area (Å²) in [5, 5.41) is 0. The van der Waals surface area contributed by atoms with Crippen LogP contribution in [-0.4, -0.2) is 36.0 Å². The maximum atomic E-state index is 12.8. The number of carbonyl (C=O) groups is 1. The van der Waals surface area contributed by atoms with Crippen LogP contribution in [0.25, 0.3) is 11.5 Å². The standard InChI is InChI=1S/C19H20N2O4/c1-13(11-14-7-4-5-8-15(14)23-3)21(2)19(22)17-18(25-12-20-17)16-9-6-10-24-16/h4-10,12-13H,11H2,1-3H3/t13-/m1/s1. The van der Waals surface area contributed by atoms with Gasteiger partial charge in [-0.25, -0.2) is 4.98 Å². The number of amides is 1. The molecule has 1 atom stereocenters. The Labute approximate surface area is 146 Å². The largest absolute Gasteiger partial charge is 0.496 e. The highest BCUT2D eigenvalue weighted by Gasteiger charge is 2.26. The molecule has 0 aliphatic carbocycles. The van der Waals surface area contributed by atoms with E-state index in [-0.39, 0.29) is 17.6 Å². The van der Waals surface area contributed by atoms with Crippen molar-refractivity contribution in [1.29, 1.82) is 0 Å². The Morgan fingerprint density at radius 1 is 1.24 bits per heavy atom. The number of aromatic nitrogens is 1. The van der Waals surface area contributed by atoms with Crippen molar-refractivity contribution in [2.24, 2.45) is 0 Å². The van der Waals surface area contributed by atoms with Gasteiger partial charge in [-0.2, -0.15) is 0 Å². The molecule has 6 heteroatoms. The quantitative estimate of drug-likeness (QED) is 0.685. The van der Waals surface area contributed by atoms with Crippen molar-refractivity contribution in [1.82, 2.24) is 9.88 Å². The number of hydrogen-bond acceptors (Lipinski definition) is 5. The summed E-state index contributed by atoms with van der Waals surface area (Å²) in [7, 11) is 3.40. The molecule has 3 aromatic rings. The van der Waals surface area contributed by atoms with Crippen LogP contribution in [0.3, 0.4) is 0 Å². The SMILES string of the molecule is COc1ccccc1C[C@@H](C)N(C)C(=O)c1ncoc1-c1ccco1. The lowest BCUT2D eigenvalue weighted by Gasteiger charge is -2.25. The number of benzene rings is 1. The molecule has 0 saturated heterocycles. The van der Waals surface area contributed by atoms with Crippen molar-refractivity contribution in [3.05, 3.63) is 60.3 Å². The normalized spacial score (nSPS) is 12.0. The van der Waals surface area contributed by atoms with Crippen LogP contribution >= 0.6 is 0 Å². The molecule has 25 heavy (non-hydrogen) atoms. The van der Waals surface area contributed by atoms with Crippen LogP contribution in [0.5, 0.6) is 5.75 Å². The molecule has 3 rings (SSSR count). The molecule has 0 N–H and O–H groups in total. The number of rotatable bonds is 6. The Hall–Kier alpha value is -3.02. The van der Waals surface area contributed by atoms with Crippen LogP contribution in [0.15, 0.2) is 57.9 Å². The molecule has 0 unspecified atom stereocenters. The molecule has 0 bridgehead atoms. The fraction of sp³-hybridized carbons (Fsp3) is 0.263. The molecule has 0 saturated carbocycles. The van der Waals surface area contributed by atoms with Gasteiger partial charge in [0.05, 0.1) is 13.4 Å². The molecule has 2 heterocycles. The predicted octanol–water partition coefficient (Wildman–Crippen LogP) is 3.65. The molecular formula is C19H20N2O4. The number of likely N-dealkylation sites (N-methyl/N-ethyl adjacent to an activating group) is 1. The van der Waals surface area contributed by atoms with E-state index in [1.807, 2.05) is 31.2 Å². The molecule has 0 aliphatic heterocycles.